The lowest BCUT2D eigenvalue weighted by Crippen LogP contribution is -1.79. The van der Waals surface area contributed by atoms with Gasteiger partial charge in [0, 0.05) is 0 Å². The van der Waals surface area contributed by atoms with Gasteiger partial charge in [0.15, 0.2) is 0 Å². The fourth-order valence-corrected chi connectivity index (χ4v) is 1.29. The molecule has 0 aromatic carbocycles. The molecule has 10 heavy (non-hydrogen) atoms. The molecule has 1 rings (SSSR count). The van der Waals surface area contributed by atoms with E-state index in [1.807, 2.05) is 0 Å². The molecule has 0 nitrogen and oxygen atoms in total. The van der Waals surface area contributed by atoms with E-state index in [4.69, 9.17) is 6.42 Å². The lowest BCUT2D eigenvalue weighted by molar-refractivity contribution is 0.602. The first-order chi connectivity index (χ1) is 4.84. The summed E-state index contributed by atoms with van der Waals surface area (Å²) >= 11 is 0. The monoisotopic (exact) mass is 138 g/mol. The van der Waals surface area contributed by atoms with Crippen LogP contribution in [0.25, 0.3) is 0 Å². The van der Waals surface area contributed by atoms with Crippen LogP contribution in [0, 0.1) is 12.3 Å². The molecule has 1 heteroatoms. The van der Waals surface area contributed by atoms with Gasteiger partial charge < -0.3 is 0 Å². The van der Waals surface area contributed by atoms with Crippen LogP contribution in [0.1, 0.15) is 32.1 Å². The fourth-order valence-electron chi connectivity index (χ4n) is 1.29. The quantitative estimate of drug-likeness (QED) is 0.489. The van der Waals surface area contributed by atoms with Gasteiger partial charge in [-0.25, -0.2) is 4.39 Å². The predicted molar refractivity (Wildman–Crippen MR) is 40.1 cm³/mol. The molecule has 54 valence electrons. The summed E-state index contributed by atoms with van der Waals surface area (Å²) in [5.41, 5.74) is 0.956. The Balaban J connectivity index is 2.57. The van der Waals surface area contributed by atoms with Gasteiger partial charge in [0.2, 0.25) is 0 Å². The number of halogens is 1. The average Bonchev–Trinajstić information content (AvgIpc) is 2.38. The van der Waals surface area contributed by atoms with E-state index >= 15 is 0 Å². The van der Waals surface area contributed by atoms with Gasteiger partial charge in [-0.05, 0) is 31.3 Å². The van der Waals surface area contributed by atoms with Gasteiger partial charge in [0.25, 0.3) is 0 Å². The first-order valence-electron chi connectivity index (χ1n) is 3.64. The van der Waals surface area contributed by atoms with Crippen LogP contribution in [-0.4, -0.2) is 0 Å². The number of terminal acetylenes is 1. The number of hydrogen-bond acceptors (Lipinski definition) is 0. The van der Waals surface area contributed by atoms with E-state index in [1.54, 1.807) is 0 Å². The maximum absolute atomic E-state index is 12.8. The third kappa shape index (κ3) is 1.60. The summed E-state index contributed by atoms with van der Waals surface area (Å²) in [4.78, 5) is 0. The zero-order chi connectivity index (χ0) is 7.40. The van der Waals surface area contributed by atoms with Crippen LogP contribution in [0.5, 0.6) is 0 Å². The molecule has 0 saturated heterocycles. The molecular formula is C9H11F. The number of allylic oxidation sites excluding steroid dienone is 2. The second-order valence-electron chi connectivity index (χ2n) is 2.60. The van der Waals surface area contributed by atoms with Crippen molar-refractivity contribution in [1.29, 1.82) is 0 Å². The third-order valence-corrected chi connectivity index (χ3v) is 1.85. The van der Waals surface area contributed by atoms with Crippen molar-refractivity contribution in [3.05, 3.63) is 11.4 Å². The van der Waals surface area contributed by atoms with Crippen molar-refractivity contribution in [2.75, 3.05) is 0 Å². The molecule has 0 aromatic rings. The van der Waals surface area contributed by atoms with Crippen LogP contribution in [0.2, 0.25) is 0 Å². The number of hydrogen-bond donors (Lipinski definition) is 0. The minimum atomic E-state index is -0.0556. The van der Waals surface area contributed by atoms with Gasteiger partial charge in [-0.2, -0.15) is 0 Å². The highest BCUT2D eigenvalue weighted by Gasteiger charge is 2.10. The Labute approximate surface area is 61.1 Å². The van der Waals surface area contributed by atoms with Gasteiger partial charge >= 0.3 is 0 Å². The van der Waals surface area contributed by atoms with Gasteiger partial charge in [0.05, 0.1) is 6.42 Å². The summed E-state index contributed by atoms with van der Waals surface area (Å²) in [6, 6.07) is 0. The molecule has 1 aliphatic carbocycles. The van der Waals surface area contributed by atoms with Gasteiger partial charge in [-0.3, -0.25) is 0 Å². The molecule has 1 aliphatic rings. The molecule has 1 fully saturated rings. The Hall–Kier alpha value is -0.770. The Bertz CT molecular complexity index is 175. The predicted octanol–water partition coefficient (Wildman–Crippen LogP) is 2.81. The van der Waals surface area contributed by atoms with E-state index in [9.17, 15) is 4.39 Å². The summed E-state index contributed by atoms with van der Waals surface area (Å²) in [6.07, 6.45) is 9.28. The molecule has 0 bridgehead atoms. The summed E-state index contributed by atoms with van der Waals surface area (Å²) in [5.74, 6) is 2.26. The molecule has 0 amide bonds. The summed E-state index contributed by atoms with van der Waals surface area (Å²) in [7, 11) is 0. The molecule has 0 radical (unpaired) electrons. The minimum Gasteiger partial charge on any atom is -0.211 e. The summed E-state index contributed by atoms with van der Waals surface area (Å²) < 4.78 is 12.8. The van der Waals surface area contributed by atoms with Crippen molar-refractivity contribution in [1.82, 2.24) is 0 Å². The lowest BCUT2D eigenvalue weighted by Gasteiger charge is -1.95. The lowest BCUT2D eigenvalue weighted by atomic mass is 10.2. The Morgan fingerprint density at radius 3 is 2.60 bits per heavy atom. The zero-order valence-corrected chi connectivity index (χ0v) is 5.99. The molecule has 0 atom stereocenters. The first-order valence-corrected chi connectivity index (χ1v) is 3.64. The Morgan fingerprint density at radius 1 is 1.50 bits per heavy atom. The smallest absolute Gasteiger partial charge is 0.111 e. The van der Waals surface area contributed by atoms with E-state index in [0.29, 0.717) is 0 Å². The van der Waals surface area contributed by atoms with E-state index in [-0.39, 0.29) is 12.2 Å². The van der Waals surface area contributed by atoms with E-state index < -0.39 is 0 Å². The standard InChI is InChI=1S/C9H11F/c1-2-5-9(10)8-6-3-4-7-8/h1H,3-7H2. The van der Waals surface area contributed by atoms with Crippen molar-refractivity contribution in [2.24, 2.45) is 0 Å². The van der Waals surface area contributed by atoms with Crippen LogP contribution in [0.4, 0.5) is 4.39 Å². The van der Waals surface area contributed by atoms with Gasteiger partial charge in [-0.1, -0.05) is 5.92 Å². The molecule has 0 unspecified atom stereocenters. The van der Waals surface area contributed by atoms with Crippen LogP contribution in [0.15, 0.2) is 11.4 Å². The maximum atomic E-state index is 12.8. The molecule has 1 saturated carbocycles. The Morgan fingerprint density at radius 2 is 2.10 bits per heavy atom. The SMILES string of the molecule is C#CCC(F)=C1CCCC1. The van der Waals surface area contributed by atoms with E-state index in [1.165, 1.54) is 0 Å². The molecular weight excluding hydrogens is 127 g/mol. The minimum absolute atomic E-state index is 0.0556. The van der Waals surface area contributed by atoms with Crippen molar-refractivity contribution >= 4 is 0 Å². The zero-order valence-electron chi connectivity index (χ0n) is 5.99. The van der Waals surface area contributed by atoms with Crippen molar-refractivity contribution in [3.8, 4) is 12.3 Å². The summed E-state index contributed by atoms with van der Waals surface area (Å²) in [5, 5.41) is 0. The van der Waals surface area contributed by atoms with Crippen LogP contribution in [0.3, 0.4) is 0 Å². The number of rotatable bonds is 1. The first kappa shape index (κ1) is 7.34. The third-order valence-electron chi connectivity index (χ3n) is 1.85. The molecule has 0 spiro atoms. The average molecular weight is 138 g/mol. The maximum Gasteiger partial charge on any atom is 0.111 e. The molecule has 0 heterocycles. The van der Waals surface area contributed by atoms with Gasteiger partial charge in [0.1, 0.15) is 5.83 Å². The van der Waals surface area contributed by atoms with E-state index in [2.05, 4.69) is 5.92 Å². The van der Waals surface area contributed by atoms with Crippen LogP contribution in [-0.2, 0) is 0 Å². The topological polar surface area (TPSA) is 0 Å². The molecule has 0 aromatic heterocycles. The van der Waals surface area contributed by atoms with Crippen molar-refractivity contribution < 1.29 is 4.39 Å². The largest absolute Gasteiger partial charge is 0.211 e. The Kier molecular flexibility index (Phi) is 2.50. The van der Waals surface area contributed by atoms with Crippen molar-refractivity contribution in [3.63, 3.8) is 0 Å². The highest BCUT2D eigenvalue weighted by Crippen LogP contribution is 2.28. The van der Waals surface area contributed by atoms with Gasteiger partial charge in [-0.15, -0.1) is 6.42 Å². The van der Waals surface area contributed by atoms with Crippen LogP contribution >= 0.6 is 0 Å². The van der Waals surface area contributed by atoms with Crippen LogP contribution < -0.4 is 0 Å². The second-order valence-corrected chi connectivity index (χ2v) is 2.60. The molecule has 0 N–H and O–H groups in total. The highest BCUT2D eigenvalue weighted by atomic mass is 19.1. The van der Waals surface area contributed by atoms with Crippen molar-refractivity contribution in [2.45, 2.75) is 32.1 Å². The fraction of sp³-hybridized carbons (Fsp3) is 0.556. The summed E-state index contributed by atoms with van der Waals surface area (Å²) in [6.45, 7) is 0. The second kappa shape index (κ2) is 3.41. The normalized spacial score (nSPS) is 17.0. The highest BCUT2D eigenvalue weighted by molar-refractivity contribution is 5.15. The van der Waals surface area contributed by atoms with E-state index in [0.717, 1.165) is 31.3 Å². The molecule has 0 aliphatic heterocycles.